The Kier molecular flexibility index (Phi) is 4.03. The third-order valence-corrected chi connectivity index (χ3v) is 3.99. The minimum Gasteiger partial charge on any atom is -0.369 e. The van der Waals surface area contributed by atoms with Gasteiger partial charge in [0.05, 0.1) is 5.56 Å². The van der Waals surface area contributed by atoms with E-state index in [-0.39, 0.29) is 11.9 Å². The predicted molar refractivity (Wildman–Crippen MR) is 85.0 cm³/mol. The van der Waals surface area contributed by atoms with Crippen LogP contribution in [0.25, 0.3) is 0 Å². The topological polar surface area (TPSA) is 71.9 Å². The number of carbonyl (C=O) groups is 1. The van der Waals surface area contributed by atoms with Gasteiger partial charge in [-0.2, -0.15) is 5.26 Å². The molecule has 0 unspecified atom stereocenters. The van der Waals surface area contributed by atoms with Crippen LogP contribution in [0.3, 0.4) is 0 Å². The molecule has 5 nitrogen and oxygen atoms in total. The zero-order valence-corrected chi connectivity index (χ0v) is 12.6. The van der Waals surface area contributed by atoms with E-state index in [2.05, 4.69) is 15.2 Å². The number of rotatable bonds is 3. The summed E-state index contributed by atoms with van der Waals surface area (Å²) < 4.78 is 0. The van der Waals surface area contributed by atoms with Crippen molar-refractivity contribution in [1.82, 2.24) is 10.3 Å². The summed E-state index contributed by atoms with van der Waals surface area (Å²) >= 11 is 6.01. The molecule has 0 radical (unpaired) electrons. The zero-order valence-electron chi connectivity index (χ0n) is 11.8. The van der Waals surface area contributed by atoms with Gasteiger partial charge in [0.2, 0.25) is 0 Å². The summed E-state index contributed by atoms with van der Waals surface area (Å²) in [5, 5.41) is 12.5. The van der Waals surface area contributed by atoms with Crippen LogP contribution in [0.15, 0.2) is 36.5 Å². The molecule has 1 aromatic carbocycles. The monoisotopic (exact) mass is 314 g/mol. The van der Waals surface area contributed by atoms with Crippen LogP contribution in [-0.2, 0) is 0 Å². The van der Waals surface area contributed by atoms with Crippen molar-refractivity contribution in [2.24, 2.45) is 0 Å². The van der Waals surface area contributed by atoms with E-state index in [0.29, 0.717) is 16.3 Å². The van der Waals surface area contributed by atoms with Gasteiger partial charge < -0.3 is 15.2 Å². The van der Waals surface area contributed by atoms with Gasteiger partial charge in [0, 0.05) is 36.0 Å². The first-order valence-corrected chi connectivity index (χ1v) is 7.43. The van der Waals surface area contributed by atoms with Gasteiger partial charge in [-0.3, -0.25) is 4.79 Å². The highest BCUT2D eigenvalue weighted by molar-refractivity contribution is 6.30. The number of anilines is 1. The second-order valence-electron chi connectivity index (χ2n) is 5.30. The number of nitrogens with one attached hydrogen (secondary N) is 2. The zero-order chi connectivity index (χ0) is 15.5. The van der Waals surface area contributed by atoms with Crippen molar-refractivity contribution in [2.75, 3.05) is 18.0 Å². The highest BCUT2D eigenvalue weighted by Crippen LogP contribution is 2.23. The number of amides is 1. The van der Waals surface area contributed by atoms with Crippen LogP contribution in [0.2, 0.25) is 5.02 Å². The summed E-state index contributed by atoms with van der Waals surface area (Å²) in [6.45, 7) is 1.62. The number of nitriles is 1. The van der Waals surface area contributed by atoms with Gasteiger partial charge in [0.1, 0.15) is 11.8 Å². The van der Waals surface area contributed by atoms with Crippen molar-refractivity contribution in [3.63, 3.8) is 0 Å². The molecule has 1 aliphatic rings. The van der Waals surface area contributed by atoms with Crippen molar-refractivity contribution < 1.29 is 4.79 Å². The van der Waals surface area contributed by atoms with Gasteiger partial charge in [0.15, 0.2) is 0 Å². The van der Waals surface area contributed by atoms with Crippen LogP contribution in [0.5, 0.6) is 0 Å². The van der Waals surface area contributed by atoms with Crippen molar-refractivity contribution in [1.29, 1.82) is 5.26 Å². The molecule has 0 spiro atoms. The van der Waals surface area contributed by atoms with E-state index in [1.807, 2.05) is 30.3 Å². The van der Waals surface area contributed by atoms with Crippen molar-refractivity contribution >= 4 is 23.2 Å². The maximum Gasteiger partial charge on any atom is 0.268 e. The Balaban J connectivity index is 1.61. The van der Waals surface area contributed by atoms with Crippen LogP contribution in [0.4, 0.5) is 5.69 Å². The van der Waals surface area contributed by atoms with Gasteiger partial charge in [-0.05, 0) is 30.7 Å². The molecule has 0 bridgehead atoms. The quantitative estimate of drug-likeness (QED) is 0.914. The number of aromatic amines is 1. The molecule has 0 saturated carbocycles. The average molecular weight is 315 g/mol. The SMILES string of the molecule is N#Cc1c[nH]c(C(=O)N[C@@H]2CCN(c3cccc(Cl)c3)C2)c1. The molecule has 1 fully saturated rings. The maximum absolute atomic E-state index is 12.1. The fraction of sp³-hybridized carbons (Fsp3) is 0.250. The van der Waals surface area contributed by atoms with Gasteiger partial charge in [-0.1, -0.05) is 17.7 Å². The van der Waals surface area contributed by atoms with E-state index >= 15 is 0 Å². The van der Waals surface area contributed by atoms with E-state index < -0.39 is 0 Å². The van der Waals surface area contributed by atoms with E-state index in [1.54, 1.807) is 6.07 Å². The number of hydrogen-bond donors (Lipinski definition) is 2. The van der Waals surface area contributed by atoms with Crippen LogP contribution < -0.4 is 10.2 Å². The Morgan fingerprint density at radius 2 is 2.32 bits per heavy atom. The maximum atomic E-state index is 12.1. The summed E-state index contributed by atoms with van der Waals surface area (Å²) in [7, 11) is 0. The van der Waals surface area contributed by atoms with Gasteiger partial charge in [-0.15, -0.1) is 0 Å². The van der Waals surface area contributed by atoms with Crippen molar-refractivity contribution in [3.8, 4) is 6.07 Å². The molecular formula is C16H15ClN4O. The van der Waals surface area contributed by atoms with Crippen LogP contribution in [-0.4, -0.2) is 30.0 Å². The number of nitrogens with zero attached hydrogens (tertiary/aromatic N) is 2. The summed E-state index contributed by atoms with van der Waals surface area (Å²) in [6, 6.07) is 11.3. The van der Waals surface area contributed by atoms with Gasteiger partial charge >= 0.3 is 0 Å². The Morgan fingerprint density at radius 1 is 1.45 bits per heavy atom. The molecule has 2 N–H and O–H groups in total. The number of halogens is 1. The highest BCUT2D eigenvalue weighted by Gasteiger charge is 2.25. The Morgan fingerprint density at radius 3 is 3.05 bits per heavy atom. The number of aromatic nitrogens is 1. The number of hydrogen-bond acceptors (Lipinski definition) is 3. The standard InChI is InChI=1S/C16H15ClN4O/c17-12-2-1-3-14(7-12)21-5-4-13(10-21)20-16(22)15-6-11(8-18)9-19-15/h1-3,6-7,9,13,19H,4-5,10H2,(H,20,22)/t13-/m1/s1. The Bertz CT molecular complexity index is 734. The molecule has 0 aliphatic carbocycles. The molecule has 1 saturated heterocycles. The van der Waals surface area contributed by atoms with Gasteiger partial charge in [-0.25, -0.2) is 0 Å². The lowest BCUT2D eigenvalue weighted by Gasteiger charge is -2.19. The molecule has 112 valence electrons. The van der Waals surface area contributed by atoms with Crippen LogP contribution >= 0.6 is 11.6 Å². The molecule has 1 aromatic heterocycles. The minimum atomic E-state index is -0.181. The summed E-state index contributed by atoms with van der Waals surface area (Å²) in [6.07, 6.45) is 2.41. The predicted octanol–water partition coefficient (Wildman–Crippen LogP) is 2.55. The van der Waals surface area contributed by atoms with Crippen LogP contribution in [0, 0.1) is 11.3 Å². The third kappa shape index (κ3) is 3.07. The van der Waals surface area contributed by atoms with Crippen molar-refractivity contribution in [3.05, 3.63) is 52.8 Å². The van der Waals surface area contributed by atoms with E-state index in [0.717, 1.165) is 25.2 Å². The number of benzene rings is 1. The minimum absolute atomic E-state index is 0.0836. The van der Waals surface area contributed by atoms with E-state index in [1.165, 1.54) is 6.20 Å². The first-order valence-electron chi connectivity index (χ1n) is 7.05. The number of H-pyrrole nitrogens is 1. The van der Waals surface area contributed by atoms with Crippen molar-refractivity contribution in [2.45, 2.75) is 12.5 Å². The molecule has 3 rings (SSSR count). The number of carbonyl (C=O) groups excluding carboxylic acids is 1. The molecule has 2 aromatic rings. The van der Waals surface area contributed by atoms with E-state index in [9.17, 15) is 4.79 Å². The first kappa shape index (κ1) is 14.5. The lowest BCUT2D eigenvalue weighted by molar-refractivity contribution is 0.0936. The molecule has 1 atom stereocenters. The summed E-state index contributed by atoms with van der Waals surface area (Å²) in [5.41, 5.74) is 1.94. The molecule has 2 heterocycles. The lowest BCUT2D eigenvalue weighted by atomic mass is 10.2. The fourth-order valence-electron chi connectivity index (χ4n) is 2.64. The smallest absolute Gasteiger partial charge is 0.268 e. The largest absolute Gasteiger partial charge is 0.369 e. The first-order chi connectivity index (χ1) is 10.7. The fourth-order valence-corrected chi connectivity index (χ4v) is 2.82. The summed E-state index contributed by atoms with van der Waals surface area (Å²) in [4.78, 5) is 17.2. The van der Waals surface area contributed by atoms with Crippen LogP contribution in [0.1, 0.15) is 22.5 Å². The highest BCUT2D eigenvalue weighted by atomic mass is 35.5. The van der Waals surface area contributed by atoms with E-state index in [4.69, 9.17) is 16.9 Å². The third-order valence-electron chi connectivity index (χ3n) is 3.75. The van der Waals surface area contributed by atoms with Gasteiger partial charge in [0.25, 0.3) is 5.91 Å². The molecule has 6 heteroatoms. The Labute approximate surface area is 133 Å². The Hall–Kier alpha value is -2.45. The molecule has 22 heavy (non-hydrogen) atoms. The average Bonchev–Trinajstić information content (AvgIpc) is 3.16. The molecule has 1 amide bonds. The second kappa shape index (κ2) is 6.12. The molecular weight excluding hydrogens is 300 g/mol. The lowest BCUT2D eigenvalue weighted by Crippen LogP contribution is -2.37. The second-order valence-corrected chi connectivity index (χ2v) is 5.74. The molecule has 1 aliphatic heterocycles. The summed E-state index contributed by atoms with van der Waals surface area (Å²) in [5.74, 6) is -0.181. The normalized spacial score (nSPS) is 17.3.